The summed E-state index contributed by atoms with van der Waals surface area (Å²) in [5.74, 6) is 0. The van der Waals surface area contributed by atoms with Crippen molar-refractivity contribution >= 4 is 10.0 Å². The molecule has 0 radical (unpaired) electrons. The minimum atomic E-state index is -3.48. The molecule has 0 amide bonds. The van der Waals surface area contributed by atoms with E-state index in [4.69, 9.17) is 10.1 Å². The molecular formula is C18H25N3O3S. The van der Waals surface area contributed by atoms with E-state index in [0.717, 1.165) is 31.2 Å². The van der Waals surface area contributed by atoms with Gasteiger partial charge in [-0.3, -0.25) is 4.84 Å². The molecule has 1 aliphatic carbocycles. The van der Waals surface area contributed by atoms with Gasteiger partial charge < -0.3 is 0 Å². The van der Waals surface area contributed by atoms with E-state index < -0.39 is 15.3 Å². The van der Waals surface area contributed by atoms with Crippen molar-refractivity contribution in [2.45, 2.75) is 49.4 Å². The Morgan fingerprint density at radius 1 is 1.20 bits per heavy atom. The van der Waals surface area contributed by atoms with Crippen molar-refractivity contribution in [3.63, 3.8) is 0 Å². The normalized spacial score (nSPS) is 26.0. The predicted molar refractivity (Wildman–Crippen MR) is 95.0 cm³/mol. The van der Waals surface area contributed by atoms with E-state index in [-0.39, 0.29) is 18.7 Å². The van der Waals surface area contributed by atoms with Crippen molar-refractivity contribution in [2.24, 2.45) is 0 Å². The standard InChI is InChI=1S/C18H25N3O3S/c1-20-18(15-10-8-14(12-19)9-11-15)17(13-24-20)25(22,23)21(2)16-6-4-3-5-7-16/h8-11,16-18H,3-7,13H2,1-2H3. The highest BCUT2D eigenvalue weighted by Gasteiger charge is 2.46. The van der Waals surface area contributed by atoms with Crippen LogP contribution in [0.4, 0.5) is 0 Å². The Balaban J connectivity index is 1.86. The number of nitrogens with zero attached hydrogens (tertiary/aromatic N) is 3. The molecule has 1 heterocycles. The van der Waals surface area contributed by atoms with Crippen LogP contribution in [0, 0.1) is 11.3 Å². The average Bonchev–Trinajstić information content (AvgIpc) is 3.04. The van der Waals surface area contributed by atoms with Crippen LogP contribution in [-0.2, 0) is 14.9 Å². The molecule has 1 aromatic carbocycles. The number of hydroxylamine groups is 2. The van der Waals surface area contributed by atoms with Gasteiger partial charge in [0.2, 0.25) is 10.0 Å². The van der Waals surface area contributed by atoms with Crippen LogP contribution in [0.5, 0.6) is 0 Å². The van der Waals surface area contributed by atoms with E-state index in [1.807, 2.05) is 12.1 Å². The fourth-order valence-corrected chi connectivity index (χ4v) is 5.83. The summed E-state index contributed by atoms with van der Waals surface area (Å²) < 4.78 is 28.1. The Morgan fingerprint density at radius 3 is 2.44 bits per heavy atom. The zero-order valence-electron chi connectivity index (χ0n) is 14.8. The molecule has 0 aromatic heterocycles. The molecule has 0 bridgehead atoms. The number of nitriles is 1. The topological polar surface area (TPSA) is 73.6 Å². The molecule has 136 valence electrons. The fourth-order valence-electron chi connectivity index (χ4n) is 3.89. The highest BCUT2D eigenvalue weighted by molar-refractivity contribution is 7.89. The van der Waals surface area contributed by atoms with Crippen LogP contribution < -0.4 is 0 Å². The van der Waals surface area contributed by atoms with E-state index in [0.29, 0.717) is 5.56 Å². The summed E-state index contributed by atoms with van der Waals surface area (Å²) in [6, 6.07) is 8.88. The summed E-state index contributed by atoms with van der Waals surface area (Å²) in [5, 5.41) is 9.94. The highest BCUT2D eigenvalue weighted by Crippen LogP contribution is 2.36. The maximum atomic E-state index is 13.3. The van der Waals surface area contributed by atoms with Crippen molar-refractivity contribution in [2.75, 3.05) is 20.7 Å². The second kappa shape index (κ2) is 7.42. The van der Waals surface area contributed by atoms with Gasteiger partial charge in [0.05, 0.1) is 24.3 Å². The van der Waals surface area contributed by atoms with Crippen molar-refractivity contribution < 1.29 is 13.3 Å². The van der Waals surface area contributed by atoms with Gasteiger partial charge in [-0.05, 0) is 30.5 Å². The van der Waals surface area contributed by atoms with Crippen molar-refractivity contribution in [1.82, 2.24) is 9.37 Å². The molecule has 0 spiro atoms. The van der Waals surface area contributed by atoms with Crippen molar-refractivity contribution in [1.29, 1.82) is 5.26 Å². The van der Waals surface area contributed by atoms with Gasteiger partial charge in [-0.15, -0.1) is 0 Å². The third kappa shape index (κ3) is 3.58. The molecule has 25 heavy (non-hydrogen) atoms. The van der Waals surface area contributed by atoms with E-state index in [1.165, 1.54) is 6.42 Å². The third-order valence-corrected chi connectivity index (χ3v) is 7.70. The van der Waals surface area contributed by atoms with E-state index in [2.05, 4.69) is 6.07 Å². The molecule has 1 aliphatic heterocycles. The van der Waals surface area contributed by atoms with Gasteiger partial charge in [0.1, 0.15) is 5.25 Å². The number of rotatable bonds is 4. The summed E-state index contributed by atoms with van der Waals surface area (Å²) in [6.45, 7) is 0.153. The van der Waals surface area contributed by atoms with Gasteiger partial charge in [-0.2, -0.15) is 10.3 Å². The fraction of sp³-hybridized carbons (Fsp3) is 0.611. The second-order valence-corrected chi connectivity index (χ2v) is 9.12. The van der Waals surface area contributed by atoms with Gasteiger partial charge in [-0.25, -0.2) is 12.7 Å². The average molecular weight is 363 g/mol. The molecule has 6 nitrogen and oxygen atoms in total. The number of hydrogen-bond donors (Lipinski definition) is 0. The number of sulfonamides is 1. The minimum Gasteiger partial charge on any atom is -0.297 e. The largest absolute Gasteiger partial charge is 0.297 e. The molecule has 2 aliphatic rings. The second-order valence-electron chi connectivity index (χ2n) is 6.91. The van der Waals surface area contributed by atoms with Crippen LogP contribution in [-0.4, -0.2) is 49.8 Å². The molecule has 3 rings (SSSR count). The zero-order chi connectivity index (χ0) is 18.0. The monoisotopic (exact) mass is 363 g/mol. The van der Waals surface area contributed by atoms with Crippen LogP contribution >= 0.6 is 0 Å². The molecular weight excluding hydrogens is 338 g/mol. The lowest BCUT2D eigenvalue weighted by atomic mass is 9.96. The highest BCUT2D eigenvalue weighted by atomic mass is 32.2. The van der Waals surface area contributed by atoms with Crippen molar-refractivity contribution in [3.05, 3.63) is 35.4 Å². The van der Waals surface area contributed by atoms with Crippen LogP contribution in [0.15, 0.2) is 24.3 Å². The number of benzene rings is 1. The molecule has 0 N–H and O–H groups in total. The molecule has 2 unspecified atom stereocenters. The first-order chi connectivity index (χ1) is 11.9. The Hall–Kier alpha value is -1.46. The maximum absolute atomic E-state index is 13.3. The molecule has 2 fully saturated rings. The summed E-state index contributed by atoms with van der Waals surface area (Å²) in [7, 11) is -0.0119. The minimum absolute atomic E-state index is 0.0891. The van der Waals surface area contributed by atoms with Gasteiger partial charge in [0.25, 0.3) is 0 Å². The first-order valence-electron chi connectivity index (χ1n) is 8.78. The molecule has 1 aromatic rings. The van der Waals surface area contributed by atoms with Crippen LogP contribution in [0.1, 0.15) is 49.3 Å². The molecule has 7 heteroatoms. The van der Waals surface area contributed by atoms with E-state index in [9.17, 15) is 8.42 Å². The lowest BCUT2D eigenvalue weighted by Gasteiger charge is -2.33. The molecule has 1 saturated heterocycles. The summed E-state index contributed by atoms with van der Waals surface area (Å²) in [6.07, 6.45) is 5.23. The summed E-state index contributed by atoms with van der Waals surface area (Å²) >= 11 is 0. The number of hydrogen-bond acceptors (Lipinski definition) is 5. The first kappa shape index (κ1) is 18.3. The predicted octanol–water partition coefficient (Wildman–Crippen LogP) is 2.44. The maximum Gasteiger partial charge on any atom is 0.221 e. The van der Waals surface area contributed by atoms with Crippen LogP contribution in [0.3, 0.4) is 0 Å². The van der Waals surface area contributed by atoms with Gasteiger partial charge in [0, 0.05) is 20.1 Å². The lowest BCUT2D eigenvalue weighted by Crippen LogP contribution is -2.45. The summed E-state index contributed by atoms with van der Waals surface area (Å²) in [4.78, 5) is 5.58. The SMILES string of the molecule is CN1OCC(S(=O)(=O)N(C)C2CCCCC2)C1c1ccc(C#N)cc1. The Labute approximate surface area is 150 Å². The third-order valence-electron chi connectivity index (χ3n) is 5.44. The Bertz CT molecular complexity index is 736. The van der Waals surface area contributed by atoms with Gasteiger partial charge in [-0.1, -0.05) is 31.4 Å². The quantitative estimate of drug-likeness (QED) is 0.821. The molecule has 1 saturated carbocycles. The van der Waals surface area contributed by atoms with Crippen LogP contribution in [0.2, 0.25) is 0 Å². The van der Waals surface area contributed by atoms with Crippen molar-refractivity contribution in [3.8, 4) is 6.07 Å². The van der Waals surface area contributed by atoms with E-state index in [1.54, 1.807) is 35.6 Å². The Morgan fingerprint density at radius 2 is 1.84 bits per heavy atom. The van der Waals surface area contributed by atoms with Gasteiger partial charge >= 0.3 is 0 Å². The van der Waals surface area contributed by atoms with Gasteiger partial charge in [0.15, 0.2) is 0 Å². The summed E-state index contributed by atoms with van der Waals surface area (Å²) in [5.41, 5.74) is 1.41. The van der Waals surface area contributed by atoms with Crippen LogP contribution in [0.25, 0.3) is 0 Å². The first-order valence-corrected chi connectivity index (χ1v) is 10.3. The zero-order valence-corrected chi connectivity index (χ0v) is 15.6. The molecule has 2 atom stereocenters. The van der Waals surface area contributed by atoms with E-state index >= 15 is 0 Å². The smallest absolute Gasteiger partial charge is 0.221 e. The lowest BCUT2D eigenvalue weighted by molar-refractivity contribution is -0.110. The Kier molecular flexibility index (Phi) is 5.44.